The molecule has 0 N–H and O–H groups in total. The topological polar surface area (TPSA) is 76.2 Å². The Hall–Kier alpha value is -1.86. The molecule has 1 amide bonds. The number of nitrogens with zero attached hydrogens (tertiary/aromatic N) is 1. The normalized spacial score (nSPS) is 19.7. The molecule has 27 heavy (non-hydrogen) atoms. The maximum atomic E-state index is 12.8. The van der Waals surface area contributed by atoms with E-state index in [9.17, 15) is 13.2 Å². The molecule has 1 heterocycles. The van der Waals surface area contributed by atoms with Gasteiger partial charge in [0.2, 0.25) is 0 Å². The number of sulfonamides is 1. The van der Waals surface area contributed by atoms with Crippen LogP contribution in [0.5, 0.6) is 0 Å². The zero-order chi connectivity index (χ0) is 20.2. The lowest BCUT2D eigenvalue weighted by molar-refractivity contribution is 0.151. The number of rotatable bonds is 8. The van der Waals surface area contributed by atoms with E-state index >= 15 is 0 Å². The highest BCUT2D eigenvalue weighted by Crippen LogP contribution is 2.39. The van der Waals surface area contributed by atoms with Crippen molar-refractivity contribution in [1.82, 2.24) is 4.31 Å². The van der Waals surface area contributed by atoms with E-state index in [1.54, 1.807) is 18.2 Å². The third kappa shape index (κ3) is 5.56. The van der Waals surface area contributed by atoms with Gasteiger partial charge in [-0.05, 0) is 51.7 Å². The van der Waals surface area contributed by atoms with Crippen molar-refractivity contribution in [2.24, 2.45) is 5.92 Å². The number of allylic oxidation sites excluding steroid dienone is 1. The van der Waals surface area contributed by atoms with E-state index in [0.29, 0.717) is 6.10 Å². The quantitative estimate of drug-likeness (QED) is 0.493. The number of amides is 1. The molecule has 0 aromatic heterocycles. The lowest BCUT2D eigenvalue weighted by Gasteiger charge is -2.20. The standard InChI is InChI=1S/C20H29NO5S/c1-15(10-13-18-20(3,4)26-18)7-6-14-21(19(22)25-5)27(23,24)17-11-8-16(2)9-12-17/h6-9,11-12,15,18H,10,13-14H2,1-5H3/b7-6+/t15-,18-/m1/s1. The number of methoxy groups -OCH3 is 1. The van der Waals surface area contributed by atoms with E-state index in [-0.39, 0.29) is 23.0 Å². The summed E-state index contributed by atoms with van der Waals surface area (Å²) in [6.07, 6.45) is 4.92. The molecule has 0 aliphatic carbocycles. The van der Waals surface area contributed by atoms with Gasteiger partial charge in [0.05, 0.1) is 30.3 Å². The van der Waals surface area contributed by atoms with Crippen LogP contribution in [-0.2, 0) is 19.5 Å². The number of aryl methyl sites for hydroxylation is 1. The van der Waals surface area contributed by atoms with Crippen molar-refractivity contribution in [1.29, 1.82) is 0 Å². The minimum Gasteiger partial charge on any atom is -0.452 e. The van der Waals surface area contributed by atoms with Gasteiger partial charge >= 0.3 is 6.09 Å². The molecule has 150 valence electrons. The predicted molar refractivity (Wildman–Crippen MR) is 104 cm³/mol. The minimum absolute atomic E-state index is 0.0206. The number of benzene rings is 1. The zero-order valence-corrected chi connectivity index (χ0v) is 17.5. The van der Waals surface area contributed by atoms with Crippen LogP contribution in [0.1, 0.15) is 39.2 Å². The summed E-state index contributed by atoms with van der Waals surface area (Å²) in [7, 11) is -2.80. The fourth-order valence-electron chi connectivity index (χ4n) is 2.85. The molecule has 0 radical (unpaired) electrons. The van der Waals surface area contributed by atoms with E-state index < -0.39 is 16.1 Å². The van der Waals surface area contributed by atoms with Gasteiger partial charge in [-0.2, -0.15) is 4.31 Å². The van der Waals surface area contributed by atoms with Gasteiger partial charge in [-0.1, -0.05) is 36.8 Å². The lowest BCUT2D eigenvalue weighted by Crippen LogP contribution is -2.37. The maximum absolute atomic E-state index is 12.8. The van der Waals surface area contributed by atoms with E-state index in [4.69, 9.17) is 4.74 Å². The van der Waals surface area contributed by atoms with Crippen molar-refractivity contribution in [2.75, 3.05) is 13.7 Å². The van der Waals surface area contributed by atoms with Crippen molar-refractivity contribution in [3.8, 4) is 0 Å². The van der Waals surface area contributed by atoms with Crippen LogP contribution in [0.15, 0.2) is 41.3 Å². The van der Waals surface area contributed by atoms with Crippen LogP contribution in [0.25, 0.3) is 0 Å². The Morgan fingerprint density at radius 2 is 1.93 bits per heavy atom. The predicted octanol–water partition coefficient (Wildman–Crippen LogP) is 3.90. The first-order valence-electron chi connectivity index (χ1n) is 9.09. The van der Waals surface area contributed by atoms with Crippen molar-refractivity contribution in [2.45, 2.75) is 57.1 Å². The highest BCUT2D eigenvalue weighted by molar-refractivity contribution is 7.89. The maximum Gasteiger partial charge on any atom is 0.423 e. The third-order valence-electron chi connectivity index (χ3n) is 4.77. The summed E-state index contributed by atoms with van der Waals surface area (Å²) < 4.78 is 36.6. The van der Waals surface area contributed by atoms with Crippen LogP contribution in [0.2, 0.25) is 0 Å². The molecule has 0 bridgehead atoms. The first-order valence-corrected chi connectivity index (χ1v) is 10.5. The van der Waals surface area contributed by atoms with E-state index in [1.165, 1.54) is 19.2 Å². The van der Waals surface area contributed by atoms with Gasteiger partial charge in [-0.15, -0.1) is 0 Å². The first-order chi connectivity index (χ1) is 12.6. The van der Waals surface area contributed by atoms with Gasteiger partial charge < -0.3 is 9.47 Å². The smallest absolute Gasteiger partial charge is 0.423 e. The van der Waals surface area contributed by atoms with Gasteiger partial charge in [-0.3, -0.25) is 0 Å². The Morgan fingerprint density at radius 1 is 1.33 bits per heavy atom. The van der Waals surface area contributed by atoms with E-state index in [0.717, 1.165) is 22.7 Å². The number of epoxide rings is 1. The number of hydrogen-bond acceptors (Lipinski definition) is 5. The van der Waals surface area contributed by atoms with Gasteiger partial charge in [-0.25, -0.2) is 13.2 Å². The first kappa shape index (κ1) is 21.4. The summed E-state index contributed by atoms with van der Waals surface area (Å²) in [5.74, 6) is 0.256. The summed E-state index contributed by atoms with van der Waals surface area (Å²) in [4.78, 5) is 12.1. The Morgan fingerprint density at radius 3 is 2.44 bits per heavy atom. The minimum atomic E-state index is -3.97. The molecule has 7 heteroatoms. The number of carbonyl (C=O) groups excluding carboxylic acids is 1. The van der Waals surface area contributed by atoms with E-state index in [2.05, 4.69) is 25.5 Å². The van der Waals surface area contributed by atoms with Crippen LogP contribution >= 0.6 is 0 Å². The molecular formula is C20H29NO5S. The lowest BCUT2D eigenvalue weighted by atomic mass is 9.99. The highest BCUT2D eigenvalue weighted by atomic mass is 32.2. The molecule has 1 aliphatic rings. The largest absolute Gasteiger partial charge is 0.452 e. The molecule has 0 spiro atoms. The Bertz CT molecular complexity index is 783. The number of hydrogen-bond donors (Lipinski definition) is 0. The van der Waals surface area contributed by atoms with Crippen molar-refractivity contribution < 1.29 is 22.7 Å². The van der Waals surface area contributed by atoms with Crippen LogP contribution in [0.4, 0.5) is 4.79 Å². The Kier molecular flexibility index (Phi) is 6.70. The van der Waals surface area contributed by atoms with E-state index in [1.807, 2.05) is 13.0 Å². The highest BCUT2D eigenvalue weighted by Gasteiger charge is 2.46. The van der Waals surface area contributed by atoms with Gasteiger partial charge in [0.15, 0.2) is 0 Å². The van der Waals surface area contributed by atoms with Crippen molar-refractivity contribution in [3.63, 3.8) is 0 Å². The van der Waals surface area contributed by atoms with Gasteiger partial charge in [0.1, 0.15) is 0 Å². The molecule has 1 fully saturated rings. The summed E-state index contributed by atoms with van der Waals surface area (Å²) >= 11 is 0. The zero-order valence-electron chi connectivity index (χ0n) is 16.6. The Balaban J connectivity index is 2.01. The van der Waals surface area contributed by atoms with Crippen LogP contribution < -0.4 is 0 Å². The van der Waals surface area contributed by atoms with Gasteiger partial charge in [0, 0.05) is 0 Å². The molecule has 1 aromatic rings. The summed E-state index contributed by atoms with van der Waals surface area (Å²) in [6.45, 7) is 8.00. The second-order valence-electron chi connectivity index (χ2n) is 7.51. The summed E-state index contributed by atoms with van der Waals surface area (Å²) in [5.41, 5.74) is 0.919. The van der Waals surface area contributed by atoms with Crippen molar-refractivity contribution >= 4 is 16.1 Å². The van der Waals surface area contributed by atoms with Crippen molar-refractivity contribution in [3.05, 3.63) is 42.0 Å². The molecule has 6 nitrogen and oxygen atoms in total. The summed E-state index contributed by atoms with van der Waals surface area (Å²) in [5, 5.41) is 0. The number of ether oxygens (including phenoxy) is 2. The van der Waals surface area contributed by atoms with Crippen LogP contribution in [0, 0.1) is 12.8 Å². The molecule has 2 rings (SSSR count). The molecule has 0 unspecified atom stereocenters. The Labute approximate surface area is 162 Å². The average Bonchev–Trinajstić information content (AvgIpc) is 3.23. The molecule has 0 saturated carbocycles. The second kappa shape index (κ2) is 8.44. The van der Waals surface area contributed by atoms with Crippen LogP contribution in [-0.4, -0.2) is 44.2 Å². The van der Waals surface area contributed by atoms with Crippen LogP contribution in [0.3, 0.4) is 0 Å². The third-order valence-corrected chi connectivity index (χ3v) is 6.52. The second-order valence-corrected chi connectivity index (χ2v) is 9.37. The van der Waals surface area contributed by atoms with Gasteiger partial charge in [0.25, 0.3) is 10.0 Å². The molecule has 1 aliphatic heterocycles. The molecule has 1 aromatic carbocycles. The average molecular weight is 396 g/mol. The number of carbonyl (C=O) groups is 1. The molecular weight excluding hydrogens is 366 g/mol. The monoisotopic (exact) mass is 395 g/mol. The summed E-state index contributed by atoms with van der Waals surface area (Å²) in [6, 6.07) is 6.37. The fourth-order valence-corrected chi connectivity index (χ4v) is 4.14. The fraction of sp³-hybridized carbons (Fsp3) is 0.550. The SMILES string of the molecule is COC(=O)N(C/C=C/[C@@H](C)CC[C@H]1OC1(C)C)S(=O)(=O)c1ccc(C)cc1. The molecule has 2 atom stereocenters. The molecule has 1 saturated heterocycles.